The summed E-state index contributed by atoms with van der Waals surface area (Å²) in [6, 6.07) is 0. The van der Waals surface area contributed by atoms with Crippen LogP contribution in [0, 0.1) is 11.8 Å². The summed E-state index contributed by atoms with van der Waals surface area (Å²) in [6.45, 7) is 4.95. The molecule has 12 heteroatoms. The largest absolute Gasteiger partial charge is 0.462 e. The van der Waals surface area contributed by atoms with Crippen LogP contribution in [0.3, 0.4) is 0 Å². The van der Waals surface area contributed by atoms with Gasteiger partial charge in [-0.25, -0.2) is 9.59 Å². The van der Waals surface area contributed by atoms with Crippen molar-refractivity contribution < 1.29 is 54.2 Å². The average molecular weight is 438 g/mol. The molecule has 0 heterocycles. The number of alkyl halides is 8. The second-order valence-corrected chi connectivity index (χ2v) is 6.68. The highest BCUT2D eigenvalue weighted by atomic mass is 19.3. The van der Waals surface area contributed by atoms with Crippen LogP contribution in [-0.2, 0) is 19.1 Å². The molecule has 0 aromatic rings. The summed E-state index contributed by atoms with van der Waals surface area (Å²) in [5.74, 6) is -33.1. The van der Waals surface area contributed by atoms with Crippen LogP contribution in [-0.4, -0.2) is 48.8 Å². The molecule has 166 valence electrons. The normalized spacial score (nSPS) is 26.3. The number of hydrogen-bond donors (Lipinski definition) is 0. The highest BCUT2D eigenvalue weighted by Gasteiger charge is 2.85. The fourth-order valence-corrected chi connectivity index (χ4v) is 2.63. The highest BCUT2D eigenvalue weighted by Crippen LogP contribution is 2.64. The number of esters is 2. The lowest BCUT2D eigenvalue weighted by atomic mass is 9.69. The summed E-state index contributed by atoms with van der Waals surface area (Å²) in [6.07, 6.45) is -1.68. The van der Waals surface area contributed by atoms with Gasteiger partial charge in [0.25, 0.3) is 0 Å². The molecule has 0 spiro atoms. The fraction of sp³-hybridized carbons (Fsp3) is 0.647. The van der Waals surface area contributed by atoms with Crippen LogP contribution in [0.1, 0.15) is 20.3 Å². The molecule has 0 saturated heterocycles. The fourth-order valence-electron chi connectivity index (χ4n) is 2.63. The van der Waals surface area contributed by atoms with Gasteiger partial charge >= 0.3 is 35.6 Å². The van der Waals surface area contributed by atoms with E-state index in [1.165, 1.54) is 0 Å². The van der Waals surface area contributed by atoms with E-state index in [4.69, 9.17) is 0 Å². The van der Waals surface area contributed by atoms with E-state index in [-0.39, 0.29) is 5.57 Å². The topological polar surface area (TPSA) is 52.6 Å². The minimum absolute atomic E-state index is 0.248. The van der Waals surface area contributed by atoms with E-state index in [1.54, 1.807) is 0 Å². The third-order valence-corrected chi connectivity index (χ3v) is 4.36. The van der Waals surface area contributed by atoms with E-state index in [0.29, 0.717) is 0 Å². The van der Waals surface area contributed by atoms with Crippen LogP contribution in [0.5, 0.6) is 0 Å². The summed E-state index contributed by atoms with van der Waals surface area (Å²) < 4.78 is 122. The number of halogens is 8. The quantitative estimate of drug-likeness (QED) is 0.336. The van der Waals surface area contributed by atoms with E-state index in [9.17, 15) is 44.7 Å². The predicted octanol–water partition coefficient (Wildman–Crippen LogP) is 4.40. The van der Waals surface area contributed by atoms with E-state index in [1.807, 2.05) is 0 Å². The van der Waals surface area contributed by atoms with Gasteiger partial charge in [-0.1, -0.05) is 13.2 Å². The maximum absolute atomic E-state index is 14.2. The van der Waals surface area contributed by atoms with Crippen molar-refractivity contribution in [2.75, 3.05) is 13.2 Å². The molecule has 29 heavy (non-hydrogen) atoms. The van der Waals surface area contributed by atoms with Gasteiger partial charge in [0.15, 0.2) is 0 Å². The molecule has 0 atom stereocenters. The van der Waals surface area contributed by atoms with Gasteiger partial charge in [-0.2, -0.15) is 35.1 Å². The van der Waals surface area contributed by atoms with E-state index in [0.717, 1.165) is 13.8 Å². The van der Waals surface area contributed by atoms with E-state index >= 15 is 0 Å². The number of carbonyl (C=O) groups excluding carboxylic acids is 2. The molecule has 1 aliphatic carbocycles. The van der Waals surface area contributed by atoms with Crippen molar-refractivity contribution in [1.29, 1.82) is 0 Å². The first-order valence-electron chi connectivity index (χ1n) is 8.08. The number of carbonyl (C=O) groups is 2. The molecule has 0 aromatic carbocycles. The number of rotatable bonds is 7. The minimum atomic E-state index is -5.67. The molecule has 0 aliphatic heterocycles. The summed E-state index contributed by atoms with van der Waals surface area (Å²) in [7, 11) is 0. The first-order chi connectivity index (χ1) is 12.9. The predicted molar refractivity (Wildman–Crippen MR) is 82.9 cm³/mol. The Balaban J connectivity index is 3.22. The van der Waals surface area contributed by atoms with Crippen LogP contribution in [0.15, 0.2) is 24.3 Å². The lowest BCUT2D eigenvalue weighted by Gasteiger charge is -2.50. The summed E-state index contributed by atoms with van der Waals surface area (Å²) in [4.78, 5) is 22.4. The molecule has 4 nitrogen and oxygen atoms in total. The Kier molecular flexibility index (Phi) is 6.82. The van der Waals surface area contributed by atoms with Crippen LogP contribution in [0.25, 0.3) is 0 Å². The molecule has 1 fully saturated rings. The standard InChI is InChI=1S/C17H18F8O4/c1-8(2)12(26)28-6-5-10-14(18,19)16(22,23)11(7-29-13(27)9(3)4)17(24,25)15(10,20)21/h10-11H,1,3,5-7H2,2,4H3. The average Bonchev–Trinajstić information content (AvgIpc) is 2.55. The van der Waals surface area contributed by atoms with Crippen LogP contribution in [0.4, 0.5) is 35.1 Å². The first-order valence-corrected chi connectivity index (χ1v) is 8.08. The highest BCUT2D eigenvalue weighted by molar-refractivity contribution is 5.87. The van der Waals surface area contributed by atoms with Gasteiger partial charge in [-0.3, -0.25) is 0 Å². The monoisotopic (exact) mass is 438 g/mol. The van der Waals surface area contributed by atoms with Crippen molar-refractivity contribution in [3.8, 4) is 0 Å². The summed E-state index contributed by atoms with van der Waals surface area (Å²) in [5.41, 5.74) is -0.689. The van der Waals surface area contributed by atoms with E-state index < -0.39 is 72.7 Å². The zero-order valence-electron chi connectivity index (χ0n) is 15.3. The molecule has 0 N–H and O–H groups in total. The third kappa shape index (κ3) is 4.25. The molecule has 1 rings (SSSR count). The van der Waals surface area contributed by atoms with Gasteiger partial charge in [0, 0.05) is 11.1 Å². The molecule has 1 aliphatic rings. The van der Waals surface area contributed by atoms with Gasteiger partial charge < -0.3 is 9.47 Å². The smallest absolute Gasteiger partial charge is 0.333 e. The minimum Gasteiger partial charge on any atom is -0.462 e. The lowest BCUT2D eigenvalue weighted by molar-refractivity contribution is -0.408. The van der Waals surface area contributed by atoms with Crippen LogP contribution >= 0.6 is 0 Å². The van der Waals surface area contributed by atoms with Crippen LogP contribution in [0.2, 0.25) is 0 Å². The van der Waals surface area contributed by atoms with Crippen molar-refractivity contribution in [3.05, 3.63) is 24.3 Å². The second-order valence-electron chi connectivity index (χ2n) is 6.68. The SMILES string of the molecule is C=C(C)C(=O)OCCC1C(F)(F)C(F)(F)C(COC(=O)C(=C)C)C(F)(F)C1(F)F. The molecule has 0 bridgehead atoms. The number of ether oxygens (including phenoxy) is 2. The Labute approximate surface area is 160 Å². The van der Waals surface area contributed by atoms with Gasteiger partial charge in [-0.15, -0.1) is 0 Å². The molecular formula is C17H18F8O4. The van der Waals surface area contributed by atoms with Gasteiger partial charge in [0.1, 0.15) is 18.4 Å². The molecule has 0 unspecified atom stereocenters. The van der Waals surface area contributed by atoms with E-state index in [2.05, 4.69) is 22.6 Å². The van der Waals surface area contributed by atoms with Gasteiger partial charge in [0.2, 0.25) is 0 Å². The van der Waals surface area contributed by atoms with Crippen molar-refractivity contribution >= 4 is 11.9 Å². The third-order valence-electron chi connectivity index (χ3n) is 4.36. The maximum atomic E-state index is 14.2. The zero-order chi connectivity index (χ0) is 23.0. The Bertz CT molecular complexity index is 674. The number of hydrogen-bond acceptors (Lipinski definition) is 4. The maximum Gasteiger partial charge on any atom is 0.333 e. The Hall–Kier alpha value is -2.14. The summed E-state index contributed by atoms with van der Waals surface area (Å²) in [5, 5.41) is 0. The van der Waals surface area contributed by atoms with Crippen molar-refractivity contribution in [1.82, 2.24) is 0 Å². The van der Waals surface area contributed by atoms with Gasteiger partial charge in [-0.05, 0) is 20.3 Å². The van der Waals surface area contributed by atoms with Gasteiger partial charge in [0.05, 0.1) is 6.61 Å². The van der Waals surface area contributed by atoms with Crippen LogP contribution < -0.4 is 0 Å². The molecular weight excluding hydrogens is 420 g/mol. The lowest BCUT2D eigenvalue weighted by Crippen LogP contribution is -2.72. The second kappa shape index (κ2) is 7.94. The molecule has 1 saturated carbocycles. The van der Waals surface area contributed by atoms with Crippen molar-refractivity contribution in [2.24, 2.45) is 11.8 Å². The van der Waals surface area contributed by atoms with Crippen molar-refractivity contribution in [3.63, 3.8) is 0 Å². The van der Waals surface area contributed by atoms with Crippen molar-refractivity contribution in [2.45, 2.75) is 44.0 Å². The zero-order valence-corrected chi connectivity index (χ0v) is 15.3. The Morgan fingerprint density at radius 3 is 1.45 bits per heavy atom. The summed E-state index contributed by atoms with van der Waals surface area (Å²) >= 11 is 0. The Morgan fingerprint density at radius 2 is 1.07 bits per heavy atom. The Morgan fingerprint density at radius 1 is 0.724 bits per heavy atom. The molecule has 0 aromatic heterocycles. The first kappa shape index (κ1) is 24.9. The molecule has 0 radical (unpaired) electrons. The molecule has 0 amide bonds.